The van der Waals surface area contributed by atoms with Crippen molar-refractivity contribution in [1.29, 1.82) is 0 Å². The predicted octanol–water partition coefficient (Wildman–Crippen LogP) is 0.553. The van der Waals surface area contributed by atoms with E-state index in [1.807, 2.05) is 18.5 Å². The third kappa shape index (κ3) is 4.03. The molecular formula is C14H25N5O3S. The lowest BCUT2D eigenvalue weighted by Gasteiger charge is -2.30. The summed E-state index contributed by atoms with van der Waals surface area (Å²) < 4.78 is 27.0. The summed E-state index contributed by atoms with van der Waals surface area (Å²) in [6, 6.07) is 0.119. The molecule has 0 atom stereocenters. The molecule has 1 aliphatic rings. The highest BCUT2D eigenvalue weighted by atomic mass is 32.2. The maximum Gasteiger partial charge on any atom is 0.319 e. The minimum absolute atomic E-state index is 0.0250. The number of rotatable bonds is 4. The Kier molecular flexibility index (Phi) is 5.00. The largest absolute Gasteiger partial charge is 0.331 e. The summed E-state index contributed by atoms with van der Waals surface area (Å²) in [4.78, 5) is 15.5. The molecule has 0 fully saturated rings. The quantitative estimate of drug-likeness (QED) is 0.865. The highest BCUT2D eigenvalue weighted by Gasteiger charge is 2.28. The van der Waals surface area contributed by atoms with Crippen molar-refractivity contribution in [2.24, 2.45) is 0 Å². The summed E-state index contributed by atoms with van der Waals surface area (Å²) >= 11 is 0. The standard InChI is InChI=1S/C14H25N5O3S/c1-10(2)19-13-9-18(14(20)17(3)4)7-6-11(13)12(16-19)8-15-23(5,21)22/h10,15H,6-9H2,1-5H3. The van der Waals surface area contributed by atoms with E-state index in [4.69, 9.17) is 0 Å². The van der Waals surface area contributed by atoms with Gasteiger partial charge in [-0.3, -0.25) is 4.68 Å². The number of hydrogen-bond donors (Lipinski definition) is 1. The molecule has 0 saturated carbocycles. The highest BCUT2D eigenvalue weighted by Crippen LogP contribution is 2.25. The van der Waals surface area contributed by atoms with Crippen molar-refractivity contribution in [1.82, 2.24) is 24.3 Å². The van der Waals surface area contributed by atoms with Crippen LogP contribution in [0.2, 0.25) is 0 Å². The summed E-state index contributed by atoms with van der Waals surface area (Å²) in [7, 11) is 0.205. The van der Waals surface area contributed by atoms with E-state index in [-0.39, 0.29) is 18.6 Å². The van der Waals surface area contributed by atoms with Crippen LogP contribution in [0.5, 0.6) is 0 Å². The fourth-order valence-electron chi connectivity index (χ4n) is 2.73. The first-order valence-electron chi connectivity index (χ1n) is 7.60. The number of nitrogens with zero attached hydrogens (tertiary/aromatic N) is 4. The van der Waals surface area contributed by atoms with Crippen LogP contribution in [0.25, 0.3) is 0 Å². The molecule has 0 bridgehead atoms. The zero-order valence-corrected chi connectivity index (χ0v) is 15.1. The van der Waals surface area contributed by atoms with E-state index in [1.165, 1.54) is 0 Å². The zero-order chi connectivity index (χ0) is 17.4. The molecule has 0 spiro atoms. The van der Waals surface area contributed by atoms with Crippen LogP contribution in [-0.2, 0) is 29.5 Å². The van der Waals surface area contributed by atoms with Crippen LogP contribution in [0.4, 0.5) is 4.79 Å². The van der Waals surface area contributed by atoms with Gasteiger partial charge in [-0.25, -0.2) is 17.9 Å². The highest BCUT2D eigenvalue weighted by molar-refractivity contribution is 7.88. The van der Waals surface area contributed by atoms with Gasteiger partial charge in [-0.2, -0.15) is 5.10 Å². The summed E-state index contributed by atoms with van der Waals surface area (Å²) in [5, 5.41) is 4.57. The molecule has 2 amide bonds. The van der Waals surface area contributed by atoms with E-state index in [1.54, 1.807) is 23.9 Å². The lowest BCUT2D eigenvalue weighted by Crippen LogP contribution is -2.42. The molecule has 8 nitrogen and oxygen atoms in total. The first-order chi connectivity index (χ1) is 10.6. The van der Waals surface area contributed by atoms with E-state index in [2.05, 4.69) is 9.82 Å². The second-order valence-corrected chi connectivity index (χ2v) is 8.19. The number of carbonyl (C=O) groups is 1. The molecule has 1 N–H and O–H groups in total. The van der Waals surface area contributed by atoms with Gasteiger partial charge in [0.05, 0.1) is 30.7 Å². The number of sulfonamides is 1. The van der Waals surface area contributed by atoms with Gasteiger partial charge in [0.15, 0.2) is 0 Å². The van der Waals surface area contributed by atoms with Gasteiger partial charge < -0.3 is 9.80 Å². The van der Waals surface area contributed by atoms with Gasteiger partial charge in [0.2, 0.25) is 10.0 Å². The third-order valence-corrected chi connectivity index (χ3v) is 4.49. The summed E-state index contributed by atoms with van der Waals surface area (Å²) in [6.45, 7) is 5.33. The molecule has 130 valence electrons. The Morgan fingerprint density at radius 3 is 2.57 bits per heavy atom. The Bertz CT molecular complexity index is 694. The van der Waals surface area contributed by atoms with Gasteiger partial charge >= 0.3 is 6.03 Å². The van der Waals surface area contributed by atoms with Gasteiger partial charge in [0.1, 0.15) is 0 Å². The number of amides is 2. The minimum atomic E-state index is -3.27. The van der Waals surface area contributed by atoms with Crippen LogP contribution in [0.15, 0.2) is 0 Å². The van der Waals surface area contributed by atoms with E-state index in [0.29, 0.717) is 19.5 Å². The van der Waals surface area contributed by atoms with Crippen LogP contribution in [0.3, 0.4) is 0 Å². The fraction of sp³-hybridized carbons (Fsp3) is 0.714. The Morgan fingerprint density at radius 1 is 1.39 bits per heavy atom. The minimum Gasteiger partial charge on any atom is -0.331 e. The average molecular weight is 343 g/mol. The van der Waals surface area contributed by atoms with E-state index < -0.39 is 10.0 Å². The zero-order valence-electron chi connectivity index (χ0n) is 14.3. The first-order valence-corrected chi connectivity index (χ1v) is 9.49. The number of nitrogens with one attached hydrogen (secondary N) is 1. The van der Waals surface area contributed by atoms with Gasteiger partial charge in [0.25, 0.3) is 0 Å². The first kappa shape index (κ1) is 17.7. The van der Waals surface area contributed by atoms with Crippen LogP contribution in [-0.4, -0.2) is 60.9 Å². The lowest BCUT2D eigenvalue weighted by atomic mass is 10.0. The van der Waals surface area contributed by atoms with Crippen LogP contribution in [0, 0.1) is 0 Å². The van der Waals surface area contributed by atoms with Crippen LogP contribution < -0.4 is 4.72 Å². The second-order valence-electron chi connectivity index (χ2n) is 6.35. The third-order valence-electron chi connectivity index (χ3n) is 3.82. The normalized spacial score (nSPS) is 15.0. The van der Waals surface area contributed by atoms with Gasteiger partial charge in [-0.15, -0.1) is 0 Å². The number of fused-ring (bicyclic) bond motifs is 1. The number of hydrogen-bond acceptors (Lipinski definition) is 4. The monoisotopic (exact) mass is 343 g/mol. The fourth-order valence-corrected chi connectivity index (χ4v) is 3.13. The molecule has 1 aliphatic heterocycles. The molecule has 1 aromatic rings. The number of carbonyl (C=O) groups excluding carboxylic acids is 1. The molecule has 9 heteroatoms. The van der Waals surface area contributed by atoms with Crippen molar-refractivity contribution in [3.63, 3.8) is 0 Å². The van der Waals surface area contributed by atoms with Crippen LogP contribution >= 0.6 is 0 Å². The number of urea groups is 1. The number of aromatic nitrogens is 2. The molecule has 1 aromatic heterocycles. The Morgan fingerprint density at radius 2 is 2.04 bits per heavy atom. The molecule has 0 saturated heterocycles. The Hall–Kier alpha value is -1.61. The predicted molar refractivity (Wildman–Crippen MR) is 87.5 cm³/mol. The van der Waals surface area contributed by atoms with E-state index in [9.17, 15) is 13.2 Å². The van der Waals surface area contributed by atoms with Crippen molar-refractivity contribution in [3.8, 4) is 0 Å². The van der Waals surface area contributed by atoms with Gasteiger partial charge in [-0.05, 0) is 20.3 Å². The summed E-state index contributed by atoms with van der Waals surface area (Å²) in [5.74, 6) is 0. The lowest BCUT2D eigenvalue weighted by molar-refractivity contribution is 0.163. The van der Waals surface area contributed by atoms with Crippen molar-refractivity contribution in [2.45, 2.75) is 39.4 Å². The second kappa shape index (κ2) is 6.48. The Labute approximate surface area is 137 Å². The molecule has 23 heavy (non-hydrogen) atoms. The molecule has 2 rings (SSSR count). The summed E-state index contributed by atoms with van der Waals surface area (Å²) in [6.07, 6.45) is 1.82. The van der Waals surface area contributed by atoms with Crippen molar-refractivity contribution in [3.05, 3.63) is 17.0 Å². The van der Waals surface area contributed by atoms with Crippen molar-refractivity contribution >= 4 is 16.1 Å². The maximum absolute atomic E-state index is 12.2. The van der Waals surface area contributed by atoms with Crippen molar-refractivity contribution in [2.75, 3.05) is 26.9 Å². The molecule has 0 radical (unpaired) electrons. The van der Waals surface area contributed by atoms with Crippen LogP contribution in [0.1, 0.15) is 36.8 Å². The topological polar surface area (TPSA) is 87.5 Å². The average Bonchev–Trinajstić information content (AvgIpc) is 2.81. The SMILES string of the molecule is CC(C)n1nc(CNS(C)(=O)=O)c2c1CN(C(=O)N(C)C)CC2. The smallest absolute Gasteiger partial charge is 0.319 e. The Balaban J connectivity index is 2.31. The molecular weight excluding hydrogens is 318 g/mol. The van der Waals surface area contributed by atoms with Crippen molar-refractivity contribution < 1.29 is 13.2 Å². The summed E-state index contributed by atoms with van der Waals surface area (Å²) in [5.41, 5.74) is 2.79. The molecule has 2 heterocycles. The van der Waals surface area contributed by atoms with E-state index >= 15 is 0 Å². The molecule has 0 aromatic carbocycles. The maximum atomic E-state index is 12.2. The van der Waals surface area contributed by atoms with E-state index in [0.717, 1.165) is 23.2 Å². The van der Waals surface area contributed by atoms with Gasteiger partial charge in [-0.1, -0.05) is 0 Å². The van der Waals surface area contributed by atoms with Gasteiger partial charge in [0, 0.05) is 32.2 Å². The molecule has 0 unspecified atom stereocenters. The molecule has 0 aliphatic carbocycles.